The van der Waals surface area contributed by atoms with Crippen LogP contribution in [0.5, 0.6) is 0 Å². The van der Waals surface area contributed by atoms with Gasteiger partial charge in [-0.05, 0) is 11.1 Å². The van der Waals surface area contributed by atoms with E-state index in [1.165, 1.54) is 11.4 Å². The minimum absolute atomic E-state index is 0.108. The lowest BCUT2D eigenvalue weighted by molar-refractivity contribution is -0.123. The highest BCUT2D eigenvalue weighted by atomic mass is 32.2. The highest BCUT2D eigenvalue weighted by Gasteiger charge is 2.25. The van der Waals surface area contributed by atoms with Gasteiger partial charge in [0.05, 0.1) is 25.6 Å². The maximum absolute atomic E-state index is 12.6. The molecule has 1 fully saturated rings. The summed E-state index contributed by atoms with van der Waals surface area (Å²) in [5.41, 5.74) is 7.09. The molecule has 3 N–H and O–H groups in total. The number of morpholine rings is 1. The van der Waals surface area contributed by atoms with Crippen LogP contribution in [0.3, 0.4) is 0 Å². The highest BCUT2D eigenvalue weighted by molar-refractivity contribution is 7.88. The molecule has 1 atom stereocenters. The number of nitrogens with two attached hydrogens (primary N) is 1. The number of carbonyl (C=O) groups is 1. The number of nitrogens with one attached hydrogen (secondary N) is 1. The van der Waals surface area contributed by atoms with Crippen LogP contribution in [-0.2, 0) is 36.6 Å². The van der Waals surface area contributed by atoms with E-state index in [-0.39, 0.29) is 24.8 Å². The molecule has 140 valence electrons. The van der Waals surface area contributed by atoms with E-state index in [2.05, 4.69) is 5.32 Å². The lowest BCUT2D eigenvalue weighted by atomic mass is 10.1. The Kier molecular flexibility index (Phi) is 7.33. The smallest absolute Gasteiger partial charge is 0.239 e. The molecule has 1 amide bonds. The van der Waals surface area contributed by atoms with Crippen molar-refractivity contribution in [3.05, 3.63) is 35.4 Å². The van der Waals surface area contributed by atoms with Crippen LogP contribution in [0, 0.1) is 0 Å². The molecule has 2 rings (SSSR count). The number of benzene rings is 1. The lowest BCUT2D eigenvalue weighted by Gasteiger charge is -2.26. The van der Waals surface area contributed by atoms with E-state index < -0.39 is 16.1 Å². The summed E-state index contributed by atoms with van der Waals surface area (Å²) < 4.78 is 36.7. The van der Waals surface area contributed by atoms with Crippen molar-refractivity contribution in [2.24, 2.45) is 5.73 Å². The maximum atomic E-state index is 12.6. The fourth-order valence-electron chi connectivity index (χ4n) is 2.55. The predicted molar refractivity (Wildman–Crippen MR) is 93.2 cm³/mol. The maximum Gasteiger partial charge on any atom is 0.239 e. The molecule has 1 unspecified atom stereocenters. The number of sulfonamides is 1. The van der Waals surface area contributed by atoms with Gasteiger partial charge in [0.2, 0.25) is 15.9 Å². The van der Waals surface area contributed by atoms with Gasteiger partial charge in [-0.3, -0.25) is 4.79 Å². The molecule has 1 saturated heterocycles. The summed E-state index contributed by atoms with van der Waals surface area (Å²) in [6, 6.07) is 6.39. The third-order valence-corrected chi connectivity index (χ3v) is 5.78. The number of nitrogens with zero attached hydrogens (tertiary/aromatic N) is 1. The van der Waals surface area contributed by atoms with Gasteiger partial charge in [-0.1, -0.05) is 24.3 Å². The number of methoxy groups -OCH3 is 1. The molecular weight excluding hydrogens is 346 g/mol. The van der Waals surface area contributed by atoms with Gasteiger partial charge in [-0.25, -0.2) is 8.42 Å². The number of hydrogen-bond donors (Lipinski definition) is 2. The summed E-state index contributed by atoms with van der Waals surface area (Å²) in [6.07, 6.45) is 0. The number of amides is 1. The fraction of sp³-hybridized carbons (Fsp3) is 0.562. The summed E-state index contributed by atoms with van der Waals surface area (Å²) >= 11 is 0. The number of carbonyl (C=O) groups excluding carboxylic acids is 1. The third-order valence-electron chi connectivity index (χ3n) is 3.96. The first-order valence-electron chi connectivity index (χ1n) is 8.08. The Hall–Kier alpha value is -1.52. The average molecular weight is 371 g/mol. The van der Waals surface area contributed by atoms with Crippen molar-refractivity contribution in [1.29, 1.82) is 0 Å². The summed E-state index contributed by atoms with van der Waals surface area (Å²) in [6.45, 7) is 1.90. The second-order valence-electron chi connectivity index (χ2n) is 5.82. The number of rotatable bonds is 8. The molecule has 9 heteroatoms. The van der Waals surface area contributed by atoms with Crippen molar-refractivity contribution in [3.63, 3.8) is 0 Å². The number of hydrogen-bond acceptors (Lipinski definition) is 6. The molecule has 25 heavy (non-hydrogen) atoms. The second-order valence-corrected chi connectivity index (χ2v) is 7.78. The SMILES string of the molecule is COCC(N)C(=O)NCc1ccccc1CS(=O)(=O)N1CCOCC1. The Labute approximate surface area is 148 Å². The van der Waals surface area contributed by atoms with Crippen LogP contribution in [-0.4, -0.2) is 64.7 Å². The Morgan fingerprint density at radius 1 is 1.32 bits per heavy atom. The first-order valence-corrected chi connectivity index (χ1v) is 9.69. The molecule has 1 aromatic carbocycles. The zero-order valence-corrected chi connectivity index (χ0v) is 15.1. The van der Waals surface area contributed by atoms with Crippen LogP contribution in [0.15, 0.2) is 24.3 Å². The van der Waals surface area contributed by atoms with Crippen molar-refractivity contribution in [1.82, 2.24) is 9.62 Å². The van der Waals surface area contributed by atoms with E-state index in [4.69, 9.17) is 15.2 Å². The molecule has 1 aliphatic rings. The predicted octanol–water partition coefficient (Wildman–Crippen LogP) is -0.561. The molecule has 0 aliphatic carbocycles. The van der Waals surface area contributed by atoms with E-state index in [1.54, 1.807) is 24.3 Å². The van der Waals surface area contributed by atoms with E-state index in [9.17, 15) is 13.2 Å². The molecule has 0 bridgehead atoms. The zero-order valence-electron chi connectivity index (χ0n) is 14.3. The molecular formula is C16H25N3O5S. The van der Waals surface area contributed by atoms with Gasteiger partial charge in [0.1, 0.15) is 6.04 Å². The van der Waals surface area contributed by atoms with Crippen LogP contribution in [0.4, 0.5) is 0 Å². The highest BCUT2D eigenvalue weighted by Crippen LogP contribution is 2.16. The van der Waals surface area contributed by atoms with E-state index in [0.29, 0.717) is 31.9 Å². The van der Waals surface area contributed by atoms with Gasteiger partial charge >= 0.3 is 0 Å². The standard InChI is InChI=1S/C16H25N3O5S/c1-23-11-15(17)16(20)18-10-13-4-2-3-5-14(13)12-25(21,22)19-6-8-24-9-7-19/h2-5,15H,6-12,17H2,1H3,(H,18,20). The molecule has 0 aromatic heterocycles. The lowest BCUT2D eigenvalue weighted by Crippen LogP contribution is -2.43. The molecule has 0 radical (unpaired) electrons. The topological polar surface area (TPSA) is 111 Å². The molecule has 1 heterocycles. The van der Waals surface area contributed by atoms with Gasteiger partial charge in [-0.15, -0.1) is 0 Å². The van der Waals surface area contributed by atoms with Crippen LogP contribution in [0.1, 0.15) is 11.1 Å². The van der Waals surface area contributed by atoms with E-state index >= 15 is 0 Å². The quantitative estimate of drug-likeness (QED) is 0.634. The minimum atomic E-state index is -3.43. The van der Waals surface area contributed by atoms with Crippen LogP contribution < -0.4 is 11.1 Å². The van der Waals surface area contributed by atoms with Gasteiger partial charge in [0, 0.05) is 26.7 Å². The van der Waals surface area contributed by atoms with Crippen molar-refractivity contribution < 1.29 is 22.7 Å². The van der Waals surface area contributed by atoms with Crippen molar-refractivity contribution in [3.8, 4) is 0 Å². The van der Waals surface area contributed by atoms with Crippen LogP contribution in [0.2, 0.25) is 0 Å². The van der Waals surface area contributed by atoms with Crippen molar-refractivity contribution >= 4 is 15.9 Å². The summed E-state index contributed by atoms with van der Waals surface area (Å²) in [5.74, 6) is -0.448. The Balaban J connectivity index is 2.03. The van der Waals surface area contributed by atoms with E-state index in [0.717, 1.165) is 5.56 Å². The molecule has 1 aliphatic heterocycles. The zero-order chi connectivity index (χ0) is 18.3. The molecule has 1 aromatic rings. The van der Waals surface area contributed by atoms with E-state index in [1.807, 2.05) is 0 Å². The van der Waals surface area contributed by atoms with Crippen molar-refractivity contribution in [2.45, 2.75) is 18.3 Å². The Bertz CT molecular complexity index is 674. The van der Waals surface area contributed by atoms with Gasteiger partial charge in [-0.2, -0.15) is 4.31 Å². The third kappa shape index (κ3) is 5.75. The summed E-state index contributed by atoms with van der Waals surface area (Å²) in [4.78, 5) is 11.9. The normalized spacial score (nSPS) is 17.2. The molecule has 0 saturated carbocycles. The monoisotopic (exact) mass is 371 g/mol. The first kappa shape index (κ1) is 19.8. The minimum Gasteiger partial charge on any atom is -0.383 e. The molecule has 8 nitrogen and oxygen atoms in total. The summed E-state index contributed by atoms with van der Waals surface area (Å²) in [7, 11) is -1.96. The molecule has 0 spiro atoms. The Morgan fingerprint density at radius 3 is 2.60 bits per heavy atom. The first-order chi connectivity index (χ1) is 11.9. The van der Waals surface area contributed by atoms with Crippen molar-refractivity contribution in [2.75, 3.05) is 40.0 Å². The van der Waals surface area contributed by atoms with Gasteiger partial charge in [0.15, 0.2) is 0 Å². The average Bonchev–Trinajstić information content (AvgIpc) is 2.61. The largest absolute Gasteiger partial charge is 0.383 e. The van der Waals surface area contributed by atoms with Gasteiger partial charge < -0.3 is 20.5 Å². The fourth-order valence-corrected chi connectivity index (χ4v) is 4.11. The second kappa shape index (κ2) is 9.25. The van der Waals surface area contributed by atoms with Crippen LogP contribution in [0.25, 0.3) is 0 Å². The number of ether oxygens (including phenoxy) is 2. The Morgan fingerprint density at radius 2 is 1.96 bits per heavy atom. The van der Waals surface area contributed by atoms with Crippen LogP contribution >= 0.6 is 0 Å². The summed E-state index contributed by atoms with van der Waals surface area (Å²) in [5, 5.41) is 2.72. The van der Waals surface area contributed by atoms with Gasteiger partial charge in [0.25, 0.3) is 0 Å².